The Kier molecular flexibility index (Phi) is 7.12. The fraction of sp³-hybridized carbons (Fsp3) is 0.333. The fourth-order valence-corrected chi connectivity index (χ4v) is 3.65. The Bertz CT molecular complexity index is 912. The number of hydrogen-bond acceptors (Lipinski definition) is 4. The van der Waals surface area contributed by atoms with Crippen LogP contribution >= 0.6 is 0 Å². The van der Waals surface area contributed by atoms with E-state index in [1.165, 1.54) is 0 Å². The second-order valence-electron chi connectivity index (χ2n) is 7.32. The zero-order valence-corrected chi connectivity index (χ0v) is 17.5. The average molecular weight is 408 g/mol. The van der Waals surface area contributed by atoms with Gasteiger partial charge in [-0.15, -0.1) is 6.58 Å². The number of nitrogens with zero attached hydrogens (tertiary/aromatic N) is 2. The number of carbonyl (C=O) groups is 2. The van der Waals surface area contributed by atoms with Crippen LogP contribution in [0.3, 0.4) is 0 Å². The number of amides is 2. The van der Waals surface area contributed by atoms with Crippen LogP contribution in [0.2, 0.25) is 0 Å². The summed E-state index contributed by atoms with van der Waals surface area (Å²) in [5.41, 5.74) is 2.62. The van der Waals surface area contributed by atoms with Crippen LogP contribution in [0.1, 0.15) is 18.9 Å². The smallest absolute Gasteiger partial charge is 0.231 e. The summed E-state index contributed by atoms with van der Waals surface area (Å²) in [6.07, 6.45) is 4.05. The van der Waals surface area contributed by atoms with E-state index in [-0.39, 0.29) is 11.8 Å². The largest absolute Gasteiger partial charge is 0.493 e. The molecule has 1 aliphatic heterocycles. The Hall–Kier alpha value is -3.28. The molecule has 0 fully saturated rings. The number of anilines is 2. The Morgan fingerprint density at radius 2 is 1.93 bits per heavy atom. The van der Waals surface area contributed by atoms with Gasteiger partial charge in [0.15, 0.2) is 11.5 Å². The first kappa shape index (κ1) is 21.4. The quantitative estimate of drug-likeness (QED) is 0.359. The predicted molar refractivity (Wildman–Crippen MR) is 118 cm³/mol. The van der Waals surface area contributed by atoms with E-state index in [2.05, 4.69) is 6.58 Å². The van der Waals surface area contributed by atoms with Gasteiger partial charge in [-0.05, 0) is 42.7 Å². The first-order chi connectivity index (χ1) is 14.6. The van der Waals surface area contributed by atoms with E-state index in [1.807, 2.05) is 55.5 Å². The molecule has 1 unspecified atom stereocenters. The molecule has 0 N–H and O–H groups in total. The van der Waals surface area contributed by atoms with Crippen molar-refractivity contribution in [2.24, 2.45) is 5.92 Å². The van der Waals surface area contributed by atoms with E-state index < -0.39 is 0 Å². The topological polar surface area (TPSA) is 59.1 Å². The third-order valence-corrected chi connectivity index (χ3v) is 5.16. The molecule has 6 nitrogen and oxygen atoms in total. The minimum absolute atomic E-state index is 0.0122. The number of hydrogen-bond donors (Lipinski definition) is 0. The van der Waals surface area contributed by atoms with Crippen molar-refractivity contribution in [3.8, 4) is 11.5 Å². The van der Waals surface area contributed by atoms with Gasteiger partial charge in [-0.2, -0.15) is 0 Å². The zero-order valence-electron chi connectivity index (χ0n) is 17.5. The van der Waals surface area contributed by atoms with Gasteiger partial charge in [-0.25, -0.2) is 0 Å². The highest BCUT2D eigenvalue weighted by atomic mass is 16.5. The number of para-hydroxylation sites is 2. The summed E-state index contributed by atoms with van der Waals surface area (Å²) in [6, 6.07) is 13.3. The van der Waals surface area contributed by atoms with Crippen LogP contribution in [-0.4, -0.2) is 39.1 Å². The maximum atomic E-state index is 12.9. The van der Waals surface area contributed by atoms with Gasteiger partial charge in [0.2, 0.25) is 12.3 Å². The van der Waals surface area contributed by atoms with Crippen LogP contribution in [0.4, 0.5) is 11.4 Å². The summed E-state index contributed by atoms with van der Waals surface area (Å²) in [5.74, 6) is 1.09. The van der Waals surface area contributed by atoms with Crippen molar-refractivity contribution in [3.63, 3.8) is 0 Å². The molecule has 30 heavy (non-hydrogen) atoms. The third-order valence-electron chi connectivity index (χ3n) is 5.16. The van der Waals surface area contributed by atoms with Gasteiger partial charge in [0.05, 0.1) is 31.0 Å². The molecule has 0 saturated heterocycles. The van der Waals surface area contributed by atoms with E-state index in [4.69, 9.17) is 9.47 Å². The summed E-state index contributed by atoms with van der Waals surface area (Å²) < 4.78 is 11.4. The number of fused-ring (bicyclic) bond motifs is 1. The molecule has 1 atom stereocenters. The van der Waals surface area contributed by atoms with Crippen molar-refractivity contribution < 1.29 is 19.1 Å². The lowest BCUT2D eigenvalue weighted by Gasteiger charge is -2.24. The Labute approximate surface area is 177 Å². The van der Waals surface area contributed by atoms with Gasteiger partial charge in [-0.1, -0.05) is 31.2 Å². The predicted octanol–water partition coefficient (Wildman–Crippen LogP) is 3.84. The highest BCUT2D eigenvalue weighted by Crippen LogP contribution is 2.33. The lowest BCUT2D eigenvalue weighted by atomic mass is 10.1. The van der Waals surface area contributed by atoms with E-state index in [0.717, 1.165) is 29.8 Å². The molecule has 1 heterocycles. The van der Waals surface area contributed by atoms with Crippen molar-refractivity contribution in [3.05, 3.63) is 60.7 Å². The zero-order chi connectivity index (χ0) is 21.5. The number of allylic oxidation sites excluding steroid dienone is 1. The lowest BCUT2D eigenvalue weighted by Crippen LogP contribution is -2.37. The summed E-state index contributed by atoms with van der Waals surface area (Å²) in [6.45, 7) is 6.93. The van der Waals surface area contributed by atoms with Crippen molar-refractivity contribution in [1.29, 1.82) is 0 Å². The molecular formula is C24H28N2O4. The Balaban J connectivity index is 1.68. The van der Waals surface area contributed by atoms with Crippen LogP contribution in [-0.2, 0) is 16.0 Å². The van der Waals surface area contributed by atoms with Crippen LogP contribution < -0.4 is 19.3 Å². The first-order valence-electron chi connectivity index (χ1n) is 10.1. The standard InChI is InChI=1S/C24H28N2O4/c1-4-8-19-11-12-22(23(15-19)29-3)30-14-7-13-26-21-10-6-5-9-20(21)25(17-27)16-18(2)24(26)28/h4-6,9-12,15,17-18H,1,7-8,13-14,16H2,2-3H3. The minimum Gasteiger partial charge on any atom is -0.493 e. The average Bonchev–Trinajstić information content (AvgIpc) is 2.87. The summed E-state index contributed by atoms with van der Waals surface area (Å²) in [7, 11) is 1.62. The molecule has 0 aliphatic carbocycles. The molecule has 2 aromatic carbocycles. The SMILES string of the molecule is C=CCc1ccc(OCCCN2C(=O)C(C)CN(C=O)c3ccccc32)c(OC)c1. The van der Waals surface area contributed by atoms with Crippen molar-refractivity contribution in [2.45, 2.75) is 19.8 Å². The molecule has 0 bridgehead atoms. The lowest BCUT2D eigenvalue weighted by molar-refractivity contribution is -0.121. The number of carbonyl (C=O) groups excluding carboxylic acids is 2. The van der Waals surface area contributed by atoms with Gasteiger partial charge < -0.3 is 19.3 Å². The Morgan fingerprint density at radius 3 is 2.63 bits per heavy atom. The third kappa shape index (κ3) is 4.64. The van der Waals surface area contributed by atoms with E-state index in [0.29, 0.717) is 37.6 Å². The molecule has 2 aromatic rings. The number of methoxy groups -OCH3 is 1. The van der Waals surface area contributed by atoms with Crippen LogP contribution in [0.15, 0.2) is 55.1 Å². The molecule has 0 aromatic heterocycles. The van der Waals surface area contributed by atoms with Gasteiger partial charge in [0.25, 0.3) is 0 Å². The van der Waals surface area contributed by atoms with Gasteiger partial charge in [0, 0.05) is 13.1 Å². The highest BCUT2D eigenvalue weighted by molar-refractivity contribution is 6.02. The second kappa shape index (κ2) is 9.96. The molecule has 158 valence electrons. The van der Waals surface area contributed by atoms with Gasteiger partial charge in [-0.3, -0.25) is 9.59 Å². The molecule has 1 aliphatic rings. The second-order valence-corrected chi connectivity index (χ2v) is 7.32. The molecular weight excluding hydrogens is 380 g/mol. The first-order valence-corrected chi connectivity index (χ1v) is 10.1. The maximum Gasteiger partial charge on any atom is 0.231 e. The van der Waals surface area contributed by atoms with Gasteiger partial charge in [0.1, 0.15) is 0 Å². The van der Waals surface area contributed by atoms with Crippen molar-refractivity contribution in [1.82, 2.24) is 0 Å². The molecule has 0 spiro atoms. The monoisotopic (exact) mass is 408 g/mol. The van der Waals surface area contributed by atoms with E-state index in [1.54, 1.807) is 16.9 Å². The minimum atomic E-state index is -0.277. The van der Waals surface area contributed by atoms with E-state index >= 15 is 0 Å². The molecule has 0 saturated carbocycles. The summed E-state index contributed by atoms with van der Waals surface area (Å²) >= 11 is 0. The molecule has 3 rings (SSSR count). The maximum absolute atomic E-state index is 12.9. The van der Waals surface area contributed by atoms with Crippen LogP contribution in [0.25, 0.3) is 0 Å². The van der Waals surface area contributed by atoms with Crippen LogP contribution in [0.5, 0.6) is 11.5 Å². The van der Waals surface area contributed by atoms with Crippen molar-refractivity contribution in [2.75, 3.05) is 36.6 Å². The van der Waals surface area contributed by atoms with Crippen molar-refractivity contribution >= 4 is 23.7 Å². The van der Waals surface area contributed by atoms with Gasteiger partial charge >= 0.3 is 0 Å². The summed E-state index contributed by atoms with van der Waals surface area (Å²) in [4.78, 5) is 27.8. The van der Waals surface area contributed by atoms with Crippen LogP contribution in [0, 0.1) is 5.92 Å². The molecule has 2 amide bonds. The fourth-order valence-electron chi connectivity index (χ4n) is 3.65. The summed E-state index contributed by atoms with van der Waals surface area (Å²) in [5, 5.41) is 0. The highest BCUT2D eigenvalue weighted by Gasteiger charge is 2.30. The molecule has 6 heteroatoms. The van der Waals surface area contributed by atoms with E-state index in [9.17, 15) is 9.59 Å². The Morgan fingerprint density at radius 1 is 1.17 bits per heavy atom. The number of benzene rings is 2. The number of rotatable bonds is 9. The normalized spacial score (nSPS) is 15.9. The number of ether oxygens (including phenoxy) is 2. The molecule has 0 radical (unpaired) electrons.